The Kier molecular flexibility index (Phi) is 5.47. The summed E-state index contributed by atoms with van der Waals surface area (Å²) in [5.41, 5.74) is 0.831. The van der Waals surface area contributed by atoms with E-state index in [2.05, 4.69) is 19.2 Å². The predicted molar refractivity (Wildman–Crippen MR) is 82.8 cm³/mol. The van der Waals surface area contributed by atoms with Crippen molar-refractivity contribution in [2.75, 3.05) is 11.1 Å². The Balaban J connectivity index is 2.05. The SMILES string of the molecule is CC1CCC(C)C(Nc2ccccc2SCC(F)(F)F)C1. The number of hydrogen-bond acceptors (Lipinski definition) is 2. The van der Waals surface area contributed by atoms with E-state index in [4.69, 9.17) is 0 Å². The molecule has 21 heavy (non-hydrogen) atoms. The lowest BCUT2D eigenvalue weighted by atomic mass is 9.80. The second-order valence-electron chi connectivity index (χ2n) is 6.05. The van der Waals surface area contributed by atoms with Gasteiger partial charge in [-0.15, -0.1) is 11.8 Å². The lowest BCUT2D eigenvalue weighted by molar-refractivity contribution is -0.105. The van der Waals surface area contributed by atoms with E-state index in [1.807, 2.05) is 12.1 Å². The van der Waals surface area contributed by atoms with Crippen molar-refractivity contribution in [3.63, 3.8) is 0 Å². The summed E-state index contributed by atoms with van der Waals surface area (Å²) in [7, 11) is 0. The van der Waals surface area contributed by atoms with Gasteiger partial charge in [-0.2, -0.15) is 13.2 Å². The van der Waals surface area contributed by atoms with Crippen LogP contribution in [0.3, 0.4) is 0 Å². The molecule has 1 N–H and O–H groups in total. The summed E-state index contributed by atoms with van der Waals surface area (Å²) < 4.78 is 37.2. The van der Waals surface area contributed by atoms with Crippen molar-refractivity contribution in [1.82, 2.24) is 0 Å². The molecule has 1 aromatic carbocycles. The molecule has 1 aliphatic carbocycles. The largest absolute Gasteiger partial charge is 0.398 e. The molecule has 0 saturated heterocycles. The van der Waals surface area contributed by atoms with Crippen molar-refractivity contribution in [2.45, 2.75) is 50.2 Å². The van der Waals surface area contributed by atoms with Crippen LogP contribution in [-0.2, 0) is 0 Å². The van der Waals surface area contributed by atoms with Gasteiger partial charge in [-0.3, -0.25) is 0 Å². The lowest BCUT2D eigenvalue weighted by Gasteiger charge is -2.34. The molecule has 118 valence electrons. The maximum atomic E-state index is 12.4. The van der Waals surface area contributed by atoms with Gasteiger partial charge in [0.25, 0.3) is 0 Å². The molecule has 1 nitrogen and oxygen atoms in total. The Labute approximate surface area is 128 Å². The van der Waals surface area contributed by atoms with Gasteiger partial charge in [-0.25, -0.2) is 0 Å². The van der Waals surface area contributed by atoms with Gasteiger partial charge in [0, 0.05) is 16.6 Å². The van der Waals surface area contributed by atoms with Crippen LogP contribution in [0.25, 0.3) is 0 Å². The highest BCUT2D eigenvalue weighted by Gasteiger charge is 2.29. The number of anilines is 1. The summed E-state index contributed by atoms with van der Waals surface area (Å²) in [6.45, 7) is 4.46. The topological polar surface area (TPSA) is 12.0 Å². The Morgan fingerprint density at radius 3 is 2.62 bits per heavy atom. The van der Waals surface area contributed by atoms with E-state index in [0.29, 0.717) is 22.8 Å². The van der Waals surface area contributed by atoms with Gasteiger partial charge in [0.05, 0.1) is 5.75 Å². The zero-order valence-corrected chi connectivity index (χ0v) is 13.2. The van der Waals surface area contributed by atoms with Crippen molar-refractivity contribution in [3.05, 3.63) is 24.3 Å². The Hall–Kier alpha value is -0.840. The van der Waals surface area contributed by atoms with E-state index in [1.54, 1.807) is 12.1 Å². The third kappa shape index (κ3) is 5.13. The molecule has 3 atom stereocenters. The summed E-state index contributed by atoms with van der Waals surface area (Å²) in [5.74, 6) is 0.387. The van der Waals surface area contributed by atoms with Crippen LogP contribution in [0.2, 0.25) is 0 Å². The van der Waals surface area contributed by atoms with Crippen LogP contribution >= 0.6 is 11.8 Å². The summed E-state index contributed by atoms with van der Waals surface area (Å²) in [6.07, 6.45) is -0.635. The van der Waals surface area contributed by atoms with Gasteiger partial charge in [-0.05, 0) is 36.8 Å². The second-order valence-corrected chi connectivity index (χ2v) is 7.06. The van der Waals surface area contributed by atoms with Gasteiger partial charge < -0.3 is 5.32 Å². The molecule has 0 amide bonds. The average Bonchev–Trinajstić information content (AvgIpc) is 2.41. The number of para-hydroxylation sites is 1. The molecule has 0 bridgehead atoms. The molecule has 0 spiro atoms. The van der Waals surface area contributed by atoms with Crippen LogP contribution in [0.15, 0.2) is 29.2 Å². The van der Waals surface area contributed by atoms with Gasteiger partial charge in [0.1, 0.15) is 0 Å². The monoisotopic (exact) mass is 317 g/mol. The van der Waals surface area contributed by atoms with Crippen LogP contribution in [0.4, 0.5) is 18.9 Å². The highest BCUT2D eigenvalue weighted by atomic mass is 32.2. The van der Waals surface area contributed by atoms with E-state index in [-0.39, 0.29) is 0 Å². The zero-order chi connectivity index (χ0) is 15.5. The Bertz CT molecular complexity index is 461. The van der Waals surface area contributed by atoms with Crippen LogP contribution < -0.4 is 5.32 Å². The quantitative estimate of drug-likeness (QED) is 0.728. The molecule has 1 aromatic rings. The minimum absolute atomic E-state index is 0.349. The smallest absolute Gasteiger partial charge is 0.381 e. The molecule has 2 rings (SSSR count). The number of rotatable bonds is 4. The van der Waals surface area contributed by atoms with Crippen molar-refractivity contribution >= 4 is 17.4 Å². The van der Waals surface area contributed by atoms with Crippen molar-refractivity contribution < 1.29 is 13.2 Å². The molecule has 5 heteroatoms. The molecule has 1 saturated carbocycles. The number of nitrogens with one attached hydrogen (secondary N) is 1. The van der Waals surface area contributed by atoms with Crippen LogP contribution in [-0.4, -0.2) is 18.0 Å². The van der Waals surface area contributed by atoms with Gasteiger partial charge in [0.2, 0.25) is 0 Å². The fraction of sp³-hybridized carbons (Fsp3) is 0.625. The van der Waals surface area contributed by atoms with Crippen molar-refractivity contribution in [2.24, 2.45) is 11.8 Å². The standard InChI is InChI=1S/C16H22F3NS/c1-11-7-8-12(2)14(9-11)20-13-5-3-4-6-15(13)21-10-16(17,18)19/h3-6,11-12,14,20H,7-10H2,1-2H3. The molecule has 3 unspecified atom stereocenters. The first-order chi connectivity index (χ1) is 9.85. The summed E-state index contributed by atoms with van der Waals surface area (Å²) in [5, 5.41) is 3.48. The van der Waals surface area contributed by atoms with Crippen LogP contribution in [0, 0.1) is 11.8 Å². The molecular weight excluding hydrogens is 295 g/mol. The van der Waals surface area contributed by atoms with Gasteiger partial charge >= 0.3 is 6.18 Å². The van der Waals surface area contributed by atoms with Crippen molar-refractivity contribution in [3.8, 4) is 0 Å². The minimum atomic E-state index is -4.13. The summed E-state index contributed by atoms with van der Waals surface area (Å²) in [6, 6.07) is 7.65. The summed E-state index contributed by atoms with van der Waals surface area (Å²) in [4.78, 5) is 0.681. The Morgan fingerprint density at radius 2 is 1.90 bits per heavy atom. The third-order valence-electron chi connectivity index (χ3n) is 4.08. The lowest BCUT2D eigenvalue weighted by Crippen LogP contribution is -2.33. The van der Waals surface area contributed by atoms with E-state index in [0.717, 1.165) is 23.9 Å². The number of thioether (sulfide) groups is 1. The second kappa shape index (κ2) is 6.95. The van der Waals surface area contributed by atoms with Crippen LogP contribution in [0.1, 0.15) is 33.1 Å². The maximum absolute atomic E-state index is 12.4. The molecule has 1 aliphatic rings. The van der Waals surface area contributed by atoms with Gasteiger partial charge in [-0.1, -0.05) is 32.4 Å². The molecule has 0 heterocycles. The van der Waals surface area contributed by atoms with E-state index >= 15 is 0 Å². The number of hydrogen-bond donors (Lipinski definition) is 1. The van der Waals surface area contributed by atoms with Crippen LogP contribution in [0.5, 0.6) is 0 Å². The molecule has 0 aromatic heterocycles. The minimum Gasteiger partial charge on any atom is -0.381 e. The summed E-state index contributed by atoms with van der Waals surface area (Å²) >= 11 is 0.857. The fourth-order valence-corrected chi connectivity index (χ4v) is 3.58. The van der Waals surface area contributed by atoms with Crippen molar-refractivity contribution in [1.29, 1.82) is 0 Å². The molecule has 1 fully saturated rings. The molecule has 0 radical (unpaired) electrons. The first-order valence-electron chi connectivity index (χ1n) is 7.40. The van der Waals surface area contributed by atoms with E-state index in [1.165, 1.54) is 12.8 Å². The maximum Gasteiger partial charge on any atom is 0.398 e. The average molecular weight is 317 g/mol. The van der Waals surface area contributed by atoms with E-state index < -0.39 is 11.9 Å². The molecular formula is C16H22F3NS. The third-order valence-corrected chi connectivity index (χ3v) is 5.22. The molecule has 0 aliphatic heterocycles. The van der Waals surface area contributed by atoms with E-state index in [9.17, 15) is 13.2 Å². The highest BCUT2D eigenvalue weighted by Crippen LogP contribution is 2.35. The number of alkyl halides is 3. The predicted octanol–water partition coefficient (Wildman–Crippen LogP) is 5.58. The number of halogens is 3. The van der Waals surface area contributed by atoms with Gasteiger partial charge in [0.15, 0.2) is 0 Å². The first-order valence-corrected chi connectivity index (χ1v) is 8.39. The number of benzene rings is 1. The highest BCUT2D eigenvalue weighted by molar-refractivity contribution is 7.99. The normalized spacial score (nSPS) is 26.6. The Morgan fingerprint density at radius 1 is 1.19 bits per heavy atom. The first kappa shape index (κ1) is 16.5. The zero-order valence-electron chi connectivity index (χ0n) is 12.4. The fourth-order valence-electron chi connectivity index (χ4n) is 2.80.